The number of ether oxygens (including phenoxy) is 1. The van der Waals surface area contributed by atoms with Crippen LogP contribution in [0.4, 0.5) is 0 Å². The van der Waals surface area contributed by atoms with Crippen LogP contribution in [0.15, 0.2) is 53.1 Å². The van der Waals surface area contributed by atoms with Crippen LogP contribution in [-0.4, -0.2) is 0 Å². The second-order valence-electron chi connectivity index (χ2n) is 7.50. The van der Waals surface area contributed by atoms with E-state index in [1.54, 1.807) is 17.7 Å². The fourth-order valence-corrected chi connectivity index (χ4v) is 4.56. The molecule has 0 N–H and O–H groups in total. The van der Waals surface area contributed by atoms with Crippen molar-refractivity contribution in [2.24, 2.45) is 0 Å². The summed E-state index contributed by atoms with van der Waals surface area (Å²) in [4.78, 5) is 3.30. The van der Waals surface area contributed by atoms with Crippen molar-refractivity contribution in [3.8, 4) is 6.07 Å². The summed E-state index contributed by atoms with van der Waals surface area (Å²) in [7, 11) is 0. The number of hydrogen-bond acceptors (Lipinski definition) is 2. The first-order valence-corrected chi connectivity index (χ1v) is 9.61. The summed E-state index contributed by atoms with van der Waals surface area (Å²) in [5.74, 6) is 2.12. The molecule has 0 fully saturated rings. The van der Waals surface area contributed by atoms with Crippen molar-refractivity contribution < 1.29 is 4.74 Å². The van der Waals surface area contributed by atoms with E-state index in [0.29, 0.717) is 17.1 Å². The van der Waals surface area contributed by atoms with E-state index in [0.717, 1.165) is 5.92 Å². The van der Waals surface area contributed by atoms with Gasteiger partial charge in [-0.2, -0.15) is 0 Å². The molecule has 1 aromatic rings. The van der Waals surface area contributed by atoms with Gasteiger partial charge in [0.05, 0.1) is 12.6 Å². The van der Waals surface area contributed by atoms with Gasteiger partial charge in [0.1, 0.15) is 11.5 Å². The van der Waals surface area contributed by atoms with Gasteiger partial charge in [-0.3, -0.25) is 0 Å². The first-order chi connectivity index (χ1) is 13.2. The lowest BCUT2D eigenvalue weighted by Gasteiger charge is -2.32. The smallest absolute Gasteiger partial charge is 0.269 e. The van der Waals surface area contributed by atoms with Crippen molar-refractivity contribution in [3.05, 3.63) is 86.8 Å². The van der Waals surface area contributed by atoms with Crippen molar-refractivity contribution in [1.29, 1.82) is 5.26 Å². The van der Waals surface area contributed by atoms with Gasteiger partial charge in [-0.15, -0.1) is 0 Å². The van der Waals surface area contributed by atoms with E-state index in [1.807, 2.05) is 19.1 Å². The predicted octanol–water partition coefficient (Wildman–Crippen LogP) is 5.97. The van der Waals surface area contributed by atoms with Gasteiger partial charge in [-0.05, 0) is 97.4 Å². The molecule has 0 amide bonds. The summed E-state index contributed by atoms with van der Waals surface area (Å²) in [6.45, 7) is 8.98. The second kappa shape index (κ2) is 7.29. The first-order valence-electron chi connectivity index (χ1n) is 9.61. The van der Waals surface area contributed by atoms with Gasteiger partial charge in [0, 0.05) is 0 Å². The molecule has 4 rings (SSSR count). The highest BCUT2D eigenvalue weighted by atomic mass is 16.5. The summed E-state index contributed by atoms with van der Waals surface area (Å²) >= 11 is 0. The van der Waals surface area contributed by atoms with Crippen LogP contribution >= 0.6 is 0 Å². The molecule has 3 nitrogen and oxygen atoms in total. The monoisotopic (exact) mass is 354 g/mol. The molecule has 3 aliphatic rings. The zero-order chi connectivity index (χ0) is 18.8. The molecule has 0 unspecified atom stereocenters. The first kappa shape index (κ1) is 17.4. The van der Waals surface area contributed by atoms with Gasteiger partial charge < -0.3 is 4.74 Å². The molecule has 0 spiro atoms. The van der Waals surface area contributed by atoms with Gasteiger partial charge >= 0.3 is 0 Å². The van der Waals surface area contributed by atoms with E-state index in [1.165, 1.54) is 55.2 Å². The number of benzene rings is 1. The normalized spacial score (nSPS) is 20.7. The maximum Gasteiger partial charge on any atom is 0.269 e. The minimum absolute atomic E-state index is 0.0906. The van der Waals surface area contributed by atoms with Crippen LogP contribution in [0.25, 0.3) is 10.9 Å². The summed E-state index contributed by atoms with van der Waals surface area (Å²) in [5.41, 5.74) is 6.60. The Bertz CT molecular complexity index is 945. The maximum absolute atomic E-state index is 9.12. The summed E-state index contributed by atoms with van der Waals surface area (Å²) in [6, 6.07) is 6.61. The van der Waals surface area contributed by atoms with Gasteiger partial charge in [0.25, 0.3) is 5.70 Å². The number of allylic oxidation sites excluding steroid dienone is 6. The number of rotatable bonds is 2. The van der Waals surface area contributed by atoms with Crippen molar-refractivity contribution in [3.63, 3.8) is 0 Å². The SMILES string of the molecule is [C-]#[N+]/C(C#N)=C1/C=C(C)OC(/C=C/c2cc3c4c(c2)CCCC4CCC3)=C1. The lowest BCUT2D eigenvalue weighted by Crippen LogP contribution is -2.17. The van der Waals surface area contributed by atoms with E-state index >= 15 is 0 Å². The predicted molar refractivity (Wildman–Crippen MR) is 106 cm³/mol. The van der Waals surface area contributed by atoms with E-state index in [2.05, 4.69) is 23.1 Å². The highest BCUT2D eigenvalue weighted by Gasteiger charge is 2.26. The molecular formula is C24H22N2O. The van der Waals surface area contributed by atoms with Crippen LogP contribution in [0.2, 0.25) is 0 Å². The third kappa shape index (κ3) is 3.46. The summed E-state index contributed by atoms with van der Waals surface area (Å²) in [6.07, 6.45) is 15.2. The molecule has 0 aromatic heterocycles. The van der Waals surface area contributed by atoms with Crippen LogP contribution in [-0.2, 0) is 17.6 Å². The minimum Gasteiger partial charge on any atom is -0.462 e. The molecule has 0 bridgehead atoms. The van der Waals surface area contributed by atoms with Crippen molar-refractivity contribution in [1.82, 2.24) is 0 Å². The average Bonchev–Trinajstić information content (AvgIpc) is 2.67. The molecule has 3 heteroatoms. The Labute approximate surface area is 160 Å². The van der Waals surface area contributed by atoms with Crippen molar-refractivity contribution >= 4 is 6.08 Å². The number of hydrogen-bond donors (Lipinski definition) is 0. The Balaban J connectivity index is 1.65. The van der Waals surface area contributed by atoms with Crippen LogP contribution in [0.1, 0.15) is 60.8 Å². The molecule has 0 saturated heterocycles. The molecule has 1 aromatic carbocycles. The summed E-state index contributed by atoms with van der Waals surface area (Å²) in [5, 5.41) is 9.12. The van der Waals surface area contributed by atoms with Gasteiger partial charge in [-0.25, -0.2) is 10.1 Å². The lowest BCUT2D eigenvalue weighted by atomic mass is 9.73. The Morgan fingerprint density at radius 1 is 1.19 bits per heavy atom. The highest BCUT2D eigenvalue weighted by molar-refractivity contribution is 5.59. The van der Waals surface area contributed by atoms with Crippen LogP contribution in [0.3, 0.4) is 0 Å². The highest BCUT2D eigenvalue weighted by Crippen LogP contribution is 2.41. The fraction of sp³-hybridized carbons (Fsp3) is 0.333. The second-order valence-corrected chi connectivity index (χ2v) is 7.50. The standard InChI is InChI=1S/C24H22N2O/c1-16-11-21(23(15-25)26-2)14-22(27-16)10-9-17-12-19-7-3-5-18-6-4-8-20(13-17)24(18)19/h9-14,18H,3-8H2,1H3/b10-9+,23-21-. The molecule has 27 heavy (non-hydrogen) atoms. The van der Waals surface area contributed by atoms with E-state index in [4.69, 9.17) is 16.6 Å². The van der Waals surface area contributed by atoms with E-state index in [9.17, 15) is 0 Å². The zero-order valence-electron chi connectivity index (χ0n) is 15.6. The number of nitriles is 1. The van der Waals surface area contributed by atoms with E-state index in [-0.39, 0.29) is 5.70 Å². The topological polar surface area (TPSA) is 37.4 Å². The molecule has 134 valence electrons. The lowest BCUT2D eigenvalue weighted by molar-refractivity contribution is 0.318. The third-order valence-electron chi connectivity index (χ3n) is 5.65. The van der Waals surface area contributed by atoms with Crippen LogP contribution in [0.5, 0.6) is 0 Å². The maximum atomic E-state index is 9.12. The van der Waals surface area contributed by atoms with Gasteiger partial charge in [0.2, 0.25) is 0 Å². The zero-order valence-corrected chi connectivity index (χ0v) is 15.6. The molecule has 0 saturated carbocycles. The summed E-state index contributed by atoms with van der Waals surface area (Å²) < 4.78 is 5.76. The van der Waals surface area contributed by atoms with Crippen molar-refractivity contribution in [2.45, 2.75) is 51.4 Å². The molecule has 2 aliphatic carbocycles. The van der Waals surface area contributed by atoms with E-state index < -0.39 is 0 Å². The van der Waals surface area contributed by atoms with Crippen LogP contribution in [0, 0.1) is 17.9 Å². The van der Waals surface area contributed by atoms with Gasteiger partial charge in [-0.1, -0.05) is 18.2 Å². The number of nitrogens with zero attached hydrogens (tertiary/aromatic N) is 2. The quantitative estimate of drug-likeness (QED) is 0.484. The number of aryl methyl sites for hydroxylation is 2. The Hall–Kier alpha value is -3.04. The average molecular weight is 354 g/mol. The van der Waals surface area contributed by atoms with Crippen molar-refractivity contribution in [2.75, 3.05) is 0 Å². The van der Waals surface area contributed by atoms with Gasteiger partial charge in [0.15, 0.2) is 0 Å². The fourth-order valence-electron chi connectivity index (χ4n) is 4.56. The Kier molecular flexibility index (Phi) is 4.69. The molecular weight excluding hydrogens is 332 g/mol. The minimum atomic E-state index is 0.0906. The molecule has 1 aliphatic heterocycles. The Morgan fingerprint density at radius 2 is 1.89 bits per heavy atom. The van der Waals surface area contributed by atoms with Crippen LogP contribution < -0.4 is 0 Å². The Morgan fingerprint density at radius 3 is 2.52 bits per heavy atom. The molecule has 1 heterocycles. The molecule has 0 radical (unpaired) electrons. The largest absolute Gasteiger partial charge is 0.462 e. The molecule has 0 atom stereocenters. The third-order valence-corrected chi connectivity index (χ3v) is 5.65.